The molecule has 4 fully saturated rings. The molecule has 59 heavy (non-hydrogen) atoms. The number of para-hydroxylation sites is 1. The fourth-order valence-electron chi connectivity index (χ4n) is 14.1. The highest BCUT2D eigenvalue weighted by Gasteiger charge is 2.80. The van der Waals surface area contributed by atoms with E-state index in [1.54, 1.807) is 7.11 Å². The van der Waals surface area contributed by atoms with Crippen molar-refractivity contribution in [2.45, 2.75) is 99.2 Å². The maximum absolute atomic E-state index is 15.6. The Balaban J connectivity index is 1.31. The van der Waals surface area contributed by atoms with Crippen molar-refractivity contribution >= 4 is 34.5 Å². The Bertz CT molecular complexity index is 2310. The Morgan fingerprint density at radius 1 is 1.00 bits per heavy atom. The second-order valence-electron chi connectivity index (χ2n) is 18.3. The molecule has 10 rings (SSSR count). The summed E-state index contributed by atoms with van der Waals surface area (Å²) in [5.41, 5.74) is -1.16. The molecule has 6 aliphatic heterocycles. The fourth-order valence-corrected chi connectivity index (χ4v) is 14.1. The summed E-state index contributed by atoms with van der Waals surface area (Å²) in [5.74, 6) is -1.45. The summed E-state index contributed by atoms with van der Waals surface area (Å²) in [7, 11) is 6.22. The van der Waals surface area contributed by atoms with Crippen molar-refractivity contribution in [3.63, 3.8) is 0 Å². The molecule has 13 heteroatoms. The molecule has 0 radical (unpaired) electrons. The number of aliphatic hydroxyl groups is 1. The lowest BCUT2D eigenvalue weighted by Crippen LogP contribution is -2.81. The van der Waals surface area contributed by atoms with Gasteiger partial charge in [-0.05, 0) is 61.9 Å². The first kappa shape index (κ1) is 38.8. The minimum absolute atomic E-state index is 0.00603. The first-order valence-corrected chi connectivity index (χ1v) is 21.3. The van der Waals surface area contributed by atoms with Crippen LogP contribution in [0.25, 0.3) is 10.9 Å². The van der Waals surface area contributed by atoms with Gasteiger partial charge in [0.05, 0.1) is 39.1 Å². The quantitative estimate of drug-likeness (QED) is 0.203. The van der Waals surface area contributed by atoms with Gasteiger partial charge >= 0.3 is 17.9 Å². The second kappa shape index (κ2) is 13.0. The van der Waals surface area contributed by atoms with E-state index in [2.05, 4.69) is 52.1 Å². The number of rotatable bonds is 7. The Labute approximate surface area is 344 Å². The number of piperidine rings is 1. The lowest BCUT2D eigenvalue weighted by atomic mass is 9.47. The average molecular weight is 809 g/mol. The number of esters is 3. The third-order valence-electron chi connectivity index (χ3n) is 16.1. The fraction of sp³-hybridized carbons (Fsp3) is 0.587. The lowest BCUT2D eigenvalue weighted by molar-refractivity contribution is -0.228. The Kier molecular flexibility index (Phi) is 8.56. The number of nitrogens with zero attached hydrogens (tertiary/aromatic N) is 3. The van der Waals surface area contributed by atoms with Crippen LogP contribution in [-0.2, 0) is 50.6 Å². The molecule has 0 amide bonds. The number of ether oxygens (including phenoxy) is 5. The number of fused-ring (bicyclic) bond motifs is 6. The smallest absolute Gasteiger partial charge is 0.344 e. The molecule has 3 bridgehead atoms. The number of aromatic nitrogens is 1. The van der Waals surface area contributed by atoms with Crippen molar-refractivity contribution in [1.29, 1.82) is 0 Å². The Morgan fingerprint density at radius 2 is 1.78 bits per heavy atom. The topological polar surface area (TPSA) is 143 Å². The monoisotopic (exact) mass is 808 g/mol. The molecular weight excluding hydrogens is 753 g/mol. The van der Waals surface area contributed by atoms with Crippen LogP contribution >= 0.6 is 0 Å². The number of likely N-dealkylation sites (N-methyl/N-ethyl adjacent to an activating group) is 1. The van der Waals surface area contributed by atoms with Crippen molar-refractivity contribution in [1.82, 2.24) is 14.8 Å². The van der Waals surface area contributed by atoms with Gasteiger partial charge in [0.25, 0.3) is 0 Å². The molecule has 7 aliphatic rings. The van der Waals surface area contributed by atoms with Gasteiger partial charge in [-0.15, -0.1) is 0 Å². The Hall–Kier alpha value is -4.43. The Morgan fingerprint density at radius 3 is 2.49 bits per heavy atom. The number of hydrogen-bond donors (Lipinski definition) is 2. The summed E-state index contributed by atoms with van der Waals surface area (Å²) in [6, 6.07) is 11.1. The summed E-state index contributed by atoms with van der Waals surface area (Å²) in [5, 5.41) is 14.4. The van der Waals surface area contributed by atoms with Gasteiger partial charge in [0, 0.05) is 96.9 Å². The third kappa shape index (κ3) is 4.62. The molecule has 7 heterocycles. The number of anilines is 1. The molecule has 1 aliphatic carbocycles. The number of carbonyl (C=O) groups excluding carboxylic acids is 3. The zero-order valence-corrected chi connectivity index (χ0v) is 35.1. The lowest BCUT2D eigenvalue weighted by Gasteiger charge is -2.63. The molecule has 11 atom stereocenters. The first-order chi connectivity index (χ1) is 28.3. The highest BCUT2D eigenvalue weighted by atomic mass is 16.6. The third-order valence-corrected chi connectivity index (χ3v) is 16.1. The van der Waals surface area contributed by atoms with Gasteiger partial charge in [-0.25, -0.2) is 4.79 Å². The van der Waals surface area contributed by atoms with E-state index in [4.69, 9.17) is 23.7 Å². The maximum Gasteiger partial charge on any atom is 0.344 e. The predicted octanol–water partition coefficient (Wildman–Crippen LogP) is 4.01. The van der Waals surface area contributed by atoms with Crippen LogP contribution in [-0.4, -0.2) is 134 Å². The summed E-state index contributed by atoms with van der Waals surface area (Å²) < 4.78 is 31.6. The van der Waals surface area contributed by atoms with Crippen LogP contribution in [0, 0.1) is 11.3 Å². The van der Waals surface area contributed by atoms with Crippen LogP contribution in [0.15, 0.2) is 48.6 Å². The second-order valence-corrected chi connectivity index (χ2v) is 18.3. The van der Waals surface area contributed by atoms with Gasteiger partial charge in [0.1, 0.15) is 5.75 Å². The highest BCUT2D eigenvalue weighted by molar-refractivity contribution is 5.95. The van der Waals surface area contributed by atoms with Crippen molar-refractivity contribution in [3.8, 4) is 5.75 Å². The van der Waals surface area contributed by atoms with E-state index in [0.717, 1.165) is 65.9 Å². The van der Waals surface area contributed by atoms with Crippen LogP contribution in [0.1, 0.15) is 68.8 Å². The maximum atomic E-state index is 15.6. The van der Waals surface area contributed by atoms with Gasteiger partial charge in [0.2, 0.25) is 5.60 Å². The largest absolute Gasteiger partial charge is 0.496 e. The molecule has 13 nitrogen and oxygen atoms in total. The standard InChI is InChI=1S/C46H56N4O9/c1-8-42-23-27-24-49(25-42)19-15-29-28-13-10-11-14-32(28)47-35(29)45(36(27)59-42,40(52)56-6)31-21-30-33(22-34(31)55-5)48(4)38-44(30)17-20-50-18-12-16-43(9-2,37(44)50)39(58-26(3)51)46(38,54)41(53)57-7/h10-14,16,21-22,27,36-39,47,54H,8-9,15,17-20,23-25H2,1-7H3/t27-,36+,37-,38+,39+,42+,43+,44+,45-,46-/m0/s1. The predicted molar refractivity (Wildman–Crippen MR) is 218 cm³/mol. The summed E-state index contributed by atoms with van der Waals surface area (Å²) in [4.78, 5) is 53.7. The number of H-pyrrole nitrogens is 1. The molecule has 1 spiro atoms. The van der Waals surface area contributed by atoms with Crippen molar-refractivity contribution in [2.75, 3.05) is 66.0 Å². The van der Waals surface area contributed by atoms with Gasteiger partial charge in [-0.3, -0.25) is 19.4 Å². The van der Waals surface area contributed by atoms with Crippen LogP contribution in [0.2, 0.25) is 0 Å². The molecule has 3 aromatic rings. The molecule has 1 saturated carbocycles. The number of benzene rings is 2. The van der Waals surface area contributed by atoms with Gasteiger partial charge in [0.15, 0.2) is 11.5 Å². The van der Waals surface area contributed by atoms with Crippen LogP contribution in [0.3, 0.4) is 0 Å². The summed E-state index contributed by atoms with van der Waals surface area (Å²) >= 11 is 0. The summed E-state index contributed by atoms with van der Waals surface area (Å²) in [6.45, 7) is 9.22. The van der Waals surface area contributed by atoms with Crippen LogP contribution in [0.5, 0.6) is 5.75 Å². The van der Waals surface area contributed by atoms with E-state index in [9.17, 15) is 14.7 Å². The van der Waals surface area contributed by atoms with E-state index in [-0.39, 0.29) is 12.0 Å². The normalized spacial score (nSPS) is 38.7. The summed E-state index contributed by atoms with van der Waals surface area (Å²) in [6.07, 6.45) is 5.62. The van der Waals surface area contributed by atoms with Crippen molar-refractivity contribution in [2.24, 2.45) is 11.3 Å². The first-order valence-electron chi connectivity index (χ1n) is 21.3. The number of carbonyl (C=O) groups is 3. The molecular formula is C46H56N4O9. The van der Waals surface area contributed by atoms with E-state index in [1.807, 2.05) is 37.1 Å². The van der Waals surface area contributed by atoms with E-state index in [1.165, 1.54) is 21.1 Å². The van der Waals surface area contributed by atoms with Gasteiger partial charge in [-0.1, -0.05) is 44.2 Å². The minimum atomic E-state index is -2.29. The van der Waals surface area contributed by atoms with E-state index in [0.29, 0.717) is 43.7 Å². The van der Waals surface area contributed by atoms with E-state index >= 15 is 4.79 Å². The number of hydrogen-bond acceptors (Lipinski definition) is 12. The van der Waals surface area contributed by atoms with Crippen LogP contribution in [0.4, 0.5) is 5.69 Å². The SMILES string of the molecule is CC[C@]12C[C@H]3CN(CCc4c([nH]c5ccccc45)[C@@](C(=O)OC)(c4cc5c(cc4OC)N(C)[C@H]4[C@@](O)(C(=O)OC)[C@H](OC(C)=O)[C@]6(CC)C=CCN7CC[C@]54[C@@H]76)[C@@H]3O1)C2. The molecule has 1 unspecified atom stereocenters. The minimum Gasteiger partial charge on any atom is -0.496 e. The molecule has 3 saturated heterocycles. The van der Waals surface area contributed by atoms with Gasteiger partial charge in [-0.2, -0.15) is 0 Å². The number of nitrogens with one attached hydrogen (secondary N) is 1. The zero-order valence-electron chi connectivity index (χ0n) is 35.1. The molecule has 1 aromatic heterocycles. The number of methoxy groups -OCH3 is 3. The van der Waals surface area contributed by atoms with E-state index < -0.39 is 63.6 Å². The average Bonchev–Trinajstić information content (AvgIpc) is 3.97. The van der Waals surface area contributed by atoms with Crippen molar-refractivity contribution in [3.05, 3.63) is 70.9 Å². The van der Waals surface area contributed by atoms with Crippen molar-refractivity contribution < 1.29 is 43.2 Å². The molecule has 314 valence electrons. The number of aromatic amines is 1. The molecule has 2 N–H and O–H groups in total. The zero-order chi connectivity index (χ0) is 41.4. The van der Waals surface area contributed by atoms with Gasteiger partial charge < -0.3 is 38.7 Å². The highest BCUT2D eigenvalue weighted by Crippen LogP contribution is 2.68. The molecule has 2 aromatic carbocycles. The van der Waals surface area contributed by atoms with Crippen LogP contribution < -0.4 is 9.64 Å².